The second-order valence-corrected chi connectivity index (χ2v) is 3.98. The molecule has 0 saturated carbocycles. The summed E-state index contributed by atoms with van der Waals surface area (Å²) in [5, 5.41) is 0. The first-order valence-electron chi connectivity index (χ1n) is 5.58. The summed E-state index contributed by atoms with van der Waals surface area (Å²) in [6, 6.07) is 17.8. The molecule has 0 fully saturated rings. The molecule has 0 saturated heterocycles. The van der Waals surface area contributed by atoms with Crippen LogP contribution in [0.3, 0.4) is 0 Å². The Morgan fingerprint density at radius 1 is 0.882 bits per heavy atom. The zero-order chi connectivity index (χ0) is 12.1. The molecule has 1 heteroatoms. The summed E-state index contributed by atoms with van der Waals surface area (Å²) in [5.74, 6) is 0. The van der Waals surface area contributed by atoms with Crippen LogP contribution >= 0.6 is 0 Å². The lowest BCUT2D eigenvalue weighted by Crippen LogP contribution is -1.83. The summed E-state index contributed by atoms with van der Waals surface area (Å²) in [7, 11) is 0. The molecule has 1 nitrogen and oxygen atoms in total. The average molecular weight is 222 g/mol. The van der Waals surface area contributed by atoms with Gasteiger partial charge in [-0.25, -0.2) is 0 Å². The summed E-state index contributed by atoms with van der Waals surface area (Å²) >= 11 is 0. The highest BCUT2D eigenvalue weighted by molar-refractivity contribution is 5.82. The molecule has 0 atom stereocenters. The first kappa shape index (κ1) is 11.3. The molecule has 0 aliphatic carbocycles. The standard InChI is InChI=1S/C16H14O/c1-13(11-14-5-3-2-4-6-14)16-9-7-15(12-17)8-10-16/h2-12H,1H3/b13-11-. The third-order valence-corrected chi connectivity index (χ3v) is 2.68. The van der Waals surface area contributed by atoms with Gasteiger partial charge in [-0.15, -0.1) is 0 Å². The van der Waals surface area contributed by atoms with E-state index in [-0.39, 0.29) is 0 Å². The molecule has 0 amide bonds. The van der Waals surface area contributed by atoms with E-state index >= 15 is 0 Å². The number of allylic oxidation sites excluding steroid dienone is 1. The largest absolute Gasteiger partial charge is 0.298 e. The van der Waals surface area contributed by atoms with Gasteiger partial charge in [0.15, 0.2) is 0 Å². The van der Waals surface area contributed by atoms with E-state index < -0.39 is 0 Å². The van der Waals surface area contributed by atoms with Crippen LogP contribution in [0.2, 0.25) is 0 Å². The minimum Gasteiger partial charge on any atom is -0.298 e. The molecule has 0 unspecified atom stereocenters. The second kappa shape index (κ2) is 5.26. The molecule has 2 aromatic rings. The first-order valence-corrected chi connectivity index (χ1v) is 5.58. The zero-order valence-corrected chi connectivity index (χ0v) is 9.76. The van der Waals surface area contributed by atoms with Gasteiger partial charge < -0.3 is 0 Å². The lowest BCUT2D eigenvalue weighted by atomic mass is 10.0. The number of hydrogen-bond acceptors (Lipinski definition) is 1. The quantitative estimate of drug-likeness (QED) is 0.565. The molecule has 0 heterocycles. The maximum atomic E-state index is 10.6. The molecule has 2 rings (SSSR count). The van der Waals surface area contributed by atoms with Crippen molar-refractivity contribution in [2.75, 3.05) is 0 Å². The molecular formula is C16H14O. The number of aldehydes is 1. The number of benzene rings is 2. The third kappa shape index (κ3) is 2.91. The van der Waals surface area contributed by atoms with E-state index in [1.165, 1.54) is 11.1 Å². The predicted octanol–water partition coefficient (Wildman–Crippen LogP) is 4.06. The summed E-state index contributed by atoms with van der Waals surface area (Å²) < 4.78 is 0. The summed E-state index contributed by atoms with van der Waals surface area (Å²) in [5.41, 5.74) is 4.22. The van der Waals surface area contributed by atoms with Crippen LogP contribution < -0.4 is 0 Å². The second-order valence-electron chi connectivity index (χ2n) is 3.98. The fraction of sp³-hybridized carbons (Fsp3) is 0.0625. The lowest BCUT2D eigenvalue weighted by Gasteiger charge is -2.02. The number of hydrogen-bond donors (Lipinski definition) is 0. The van der Waals surface area contributed by atoms with Crippen molar-refractivity contribution in [1.82, 2.24) is 0 Å². The van der Waals surface area contributed by atoms with Crippen molar-refractivity contribution >= 4 is 17.9 Å². The van der Waals surface area contributed by atoms with Gasteiger partial charge in [0.25, 0.3) is 0 Å². The molecule has 0 bridgehead atoms. The van der Waals surface area contributed by atoms with E-state index in [0.717, 1.165) is 11.8 Å². The first-order chi connectivity index (χ1) is 8.29. The van der Waals surface area contributed by atoms with Crippen molar-refractivity contribution < 1.29 is 4.79 Å². The monoisotopic (exact) mass is 222 g/mol. The molecule has 2 aromatic carbocycles. The molecular weight excluding hydrogens is 208 g/mol. The van der Waals surface area contributed by atoms with E-state index in [0.29, 0.717) is 5.56 Å². The average Bonchev–Trinajstić information content (AvgIpc) is 2.40. The van der Waals surface area contributed by atoms with Gasteiger partial charge in [0, 0.05) is 5.56 Å². The molecule has 0 radical (unpaired) electrons. The van der Waals surface area contributed by atoms with Crippen molar-refractivity contribution in [3.63, 3.8) is 0 Å². The molecule has 84 valence electrons. The zero-order valence-electron chi connectivity index (χ0n) is 9.76. The van der Waals surface area contributed by atoms with Gasteiger partial charge >= 0.3 is 0 Å². The normalized spacial score (nSPS) is 11.2. The Morgan fingerprint density at radius 2 is 1.53 bits per heavy atom. The Labute approximate surface area is 101 Å². The molecule has 0 aliphatic rings. The van der Waals surface area contributed by atoms with Crippen LogP contribution in [0.5, 0.6) is 0 Å². The minimum absolute atomic E-state index is 0.710. The van der Waals surface area contributed by atoms with E-state index in [4.69, 9.17) is 0 Å². The van der Waals surface area contributed by atoms with Crippen LogP contribution in [0.4, 0.5) is 0 Å². The van der Waals surface area contributed by atoms with E-state index in [1.807, 2.05) is 42.5 Å². The van der Waals surface area contributed by atoms with Crippen LogP contribution in [-0.2, 0) is 0 Å². The summed E-state index contributed by atoms with van der Waals surface area (Å²) in [6.45, 7) is 2.07. The Kier molecular flexibility index (Phi) is 3.51. The highest BCUT2D eigenvalue weighted by atomic mass is 16.1. The van der Waals surface area contributed by atoms with E-state index in [2.05, 4.69) is 25.1 Å². The fourth-order valence-electron chi connectivity index (χ4n) is 1.71. The Balaban J connectivity index is 2.27. The lowest BCUT2D eigenvalue weighted by molar-refractivity contribution is 0.112. The number of carbonyl (C=O) groups excluding carboxylic acids is 1. The van der Waals surface area contributed by atoms with Crippen molar-refractivity contribution in [1.29, 1.82) is 0 Å². The SMILES string of the molecule is C/C(=C/c1ccccc1)c1ccc(C=O)cc1. The summed E-state index contributed by atoms with van der Waals surface area (Å²) in [4.78, 5) is 10.6. The van der Waals surface area contributed by atoms with Crippen LogP contribution in [-0.4, -0.2) is 6.29 Å². The molecule has 17 heavy (non-hydrogen) atoms. The molecule has 0 aromatic heterocycles. The number of rotatable bonds is 3. The Bertz CT molecular complexity index is 521. The van der Waals surface area contributed by atoms with Crippen molar-refractivity contribution in [3.8, 4) is 0 Å². The topological polar surface area (TPSA) is 17.1 Å². The maximum Gasteiger partial charge on any atom is 0.150 e. The van der Waals surface area contributed by atoms with Gasteiger partial charge in [0.1, 0.15) is 6.29 Å². The van der Waals surface area contributed by atoms with Crippen molar-refractivity contribution in [3.05, 3.63) is 71.3 Å². The van der Waals surface area contributed by atoms with Gasteiger partial charge in [0.2, 0.25) is 0 Å². The molecule has 0 aliphatic heterocycles. The van der Waals surface area contributed by atoms with Gasteiger partial charge in [-0.2, -0.15) is 0 Å². The summed E-state index contributed by atoms with van der Waals surface area (Å²) in [6.07, 6.45) is 3.00. The van der Waals surface area contributed by atoms with Crippen LogP contribution in [0.25, 0.3) is 11.6 Å². The van der Waals surface area contributed by atoms with Gasteiger partial charge in [-0.05, 0) is 23.6 Å². The van der Waals surface area contributed by atoms with Crippen LogP contribution in [0, 0.1) is 0 Å². The Morgan fingerprint density at radius 3 is 2.12 bits per heavy atom. The van der Waals surface area contributed by atoms with Gasteiger partial charge in [-0.1, -0.05) is 60.7 Å². The highest BCUT2D eigenvalue weighted by Gasteiger charge is 1.96. The van der Waals surface area contributed by atoms with E-state index in [1.54, 1.807) is 0 Å². The van der Waals surface area contributed by atoms with Gasteiger partial charge in [-0.3, -0.25) is 4.79 Å². The van der Waals surface area contributed by atoms with Crippen LogP contribution in [0.15, 0.2) is 54.6 Å². The number of carbonyl (C=O) groups is 1. The molecule has 0 N–H and O–H groups in total. The maximum absolute atomic E-state index is 10.6. The van der Waals surface area contributed by atoms with Gasteiger partial charge in [0.05, 0.1) is 0 Å². The Hall–Kier alpha value is -2.15. The van der Waals surface area contributed by atoms with Crippen molar-refractivity contribution in [2.24, 2.45) is 0 Å². The highest BCUT2D eigenvalue weighted by Crippen LogP contribution is 2.17. The van der Waals surface area contributed by atoms with Crippen molar-refractivity contribution in [2.45, 2.75) is 6.92 Å². The third-order valence-electron chi connectivity index (χ3n) is 2.68. The smallest absolute Gasteiger partial charge is 0.150 e. The minimum atomic E-state index is 0.710. The van der Waals surface area contributed by atoms with Crippen LogP contribution in [0.1, 0.15) is 28.4 Å². The molecule has 0 spiro atoms. The fourth-order valence-corrected chi connectivity index (χ4v) is 1.71. The predicted molar refractivity (Wildman–Crippen MR) is 71.8 cm³/mol. The van der Waals surface area contributed by atoms with E-state index in [9.17, 15) is 4.79 Å².